The van der Waals surface area contributed by atoms with E-state index in [2.05, 4.69) is 4.98 Å². The Morgan fingerprint density at radius 1 is 1.09 bits per heavy atom. The average molecular weight is 349 g/mol. The summed E-state index contributed by atoms with van der Waals surface area (Å²) in [5, 5.41) is 22.7. The Morgan fingerprint density at radius 3 is 2.30 bits per heavy atom. The minimum absolute atomic E-state index is 0.452. The van der Waals surface area contributed by atoms with Gasteiger partial charge in [-0.05, 0) is 6.07 Å². The van der Waals surface area contributed by atoms with Crippen molar-refractivity contribution in [2.24, 2.45) is 0 Å². The van der Waals surface area contributed by atoms with Crippen molar-refractivity contribution in [2.75, 3.05) is 5.32 Å². The zero-order chi connectivity index (χ0) is 17.3. The van der Waals surface area contributed by atoms with Crippen molar-refractivity contribution < 1.29 is 23.0 Å². The Kier molecular flexibility index (Phi) is 4.31. The molecular weight excluding hydrogens is 345 g/mol. The molecule has 0 saturated heterocycles. The summed E-state index contributed by atoms with van der Waals surface area (Å²) in [7, 11) is 0. The highest BCUT2D eigenvalue weighted by molar-refractivity contribution is 6.33. The molecule has 1 aromatic heterocycles. The van der Waals surface area contributed by atoms with Gasteiger partial charge in [0.2, 0.25) is 11.8 Å². The van der Waals surface area contributed by atoms with Gasteiger partial charge >= 0.3 is 0 Å². The lowest BCUT2D eigenvalue weighted by molar-refractivity contribution is -0.393. The number of non-ortho nitro benzene ring substituents is 1. The first-order valence-corrected chi connectivity index (χ1v) is 6.00. The molecule has 0 aliphatic carbocycles. The smallest absolute Gasteiger partial charge is 0.299 e. The maximum atomic E-state index is 13.6. The van der Waals surface area contributed by atoms with Crippen molar-refractivity contribution in [3.8, 4) is 0 Å². The van der Waals surface area contributed by atoms with Crippen LogP contribution in [0.1, 0.15) is 0 Å². The number of aromatic nitrogens is 1. The minimum Gasteiger partial charge on any atom is -0.346 e. The van der Waals surface area contributed by atoms with Gasteiger partial charge in [-0.25, -0.2) is 0 Å². The van der Waals surface area contributed by atoms with E-state index in [1.807, 2.05) is 5.32 Å². The molecule has 0 radical (unpaired) electrons. The van der Waals surface area contributed by atoms with Crippen LogP contribution in [0.2, 0.25) is 5.02 Å². The number of nitrogens with zero attached hydrogens (tertiary/aromatic N) is 3. The second-order valence-corrected chi connectivity index (χ2v) is 4.42. The lowest BCUT2D eigenvalue weighted by Crippen LogP contribution is -2.05. The molecular formula is C11H4ClF3N4O4. The van der Waals surface area contributed by atoms with Crippen LogP contribution in [0.15, 0.2) is 18.2 Å². The van der Waals surface area contributed by atoms with E-state index in [-0.39, 0.29) is 0 Å². The van der Waals surface area contributed by atoms with Crippen LogP contribution in [0.25, 0.3) is 0 Å². The van der Waals surface area contributed by atoms with E-state index < -0.39 is 55.3 Å². The fourth-order valence-electron chi connectivity index (χ4n) is 1.62. The van der Waals surface area contributed by atoms with Gasteiger partial charge in [0, 0.05) is 6.07 Å². The molecule has 0 spiro atoms. The van der Waals surface area contributed by atoms with E-state index in [4.69, 9.17) is 11.6 Å². The summed E-state index contributed by atoms with van der Waals surface area (Å²) in [6.07, 6.45) is 0. The number of halogens is 4. The van der Waals surface area contributed by atoms with Crippen LogP contribution in [0, 0.1) is 37.9 Å². The molecule has 23 heavy (non-hydrogen) atoms. The van der Waals surface area contributed by atoms with Gasteiger partial charge in [0.15, 0.2) is 0 Å². The molecule has 1 N–H and O–H groups in total. The maximum absolute atomic E-state index is 13.6. The summed E-state index contributed by atoms with van der Waals surface area (Å²) in [6, 6.07) is 2.36. The van der Waals surface area contributed by atoms with E-state index in [1.54, 1.807) is 0 Å². The molecule has 2 aromatic rings. The first kappa shape index (κ1) is 16.4. The van der Waals surface area contributed by atoms with Gasteiger partial charge in [0.05, 0.1) is 15.9 Å². The Hall–Kier alpha value is -2.95. The first-order valence-electron chi connectivity index (χ1n) is 5.62. The maximum Gasteiger partial charge on any atom is 0.299 e. The summed E-state index contributed by atoms with van der Waals surface area (Å²) in [6.45, 7) is 0. The number of hydrogen-bond donors (Lipinski definition) is 1. The molecule has 2 rings (SSSR count). The molecule has 120 valence electrons. The van der Waals surface area contributed by atoms with Crippen LogP contribution in [-0.2, 0) is 0 Å². The van der Waals surface area contributed by atoms with Gasteiger partial charge < -0.3 is 5.32 Å². The molecule has 0 bridgehead atoms. The highest BCUT2D eigenvalue weighted by atomic mass is 35.5. The molecule has 8 nitrogen and oxygen atoms in total. The van der Waals surface area contributed by atoms with Gasteiger partial charge in [-0.15, -0.1) is 0 Å². The van der Waals surface area contributed by atoms with E-state index in [1.165, 1.54) is 0 Å². The van der Waals surface area contributed by atoms with E-state index >= 15 is 0 Å². The van der Waals surface area contributed by atoms with Crippen LogP contribution in [0.3, 0.4) is 0 Å². The van der Waals surface area contributed by atoms with Gasteiger partial charge in [-0.1, -0.05) is 11.6 Å². The van der Waals surface area contributed by atoms with Crippen molar-refractivity contribution in [1.82, 2.24) is 4.98 Å². The number of nitrogens with one attached hydrogen (secondary N) is 1. The fourth-order valence-corrected chi connectivity index (χ4v) is 1.79. The topological polar surface area (TPSA) is 111 Å². The van der Waals surface area contributed by atoms with E-state index in [0.717, 1.165) is 12.1 Å². The zero-order valence-corrected chi connectivity index (χ0v) is 11.5. The Morgan fingerprint density at radius 2 is 1.74 bits per heavy atom. The van der Waals surface area contributed by atoms with Crippen LogP contribution >= 0.6 is 11.6 Å². The Labute approximate surface area is 129 Å². The zero-order valence-electron chi connectivity index (χ0n) is 10.7. The number of nitro groups is 2. The Bertz CT molecular complexity index is 807. The van der Waals surface area contributed by atoms with Gasteiger partial charge in [0.1, 0.15) is 16.4 Å². The number of benzene rings is 1. The third kappa shape index (κ3) is 3.13. The van der Waals surface area contributed by atoms with Gasteiger partial charge in [-0.2, -0.15) is 18.2 Å². The molecule has 12 heteroatoms. The molecule has 0 aliphatic heterocycles. The van der Waals surface area contributed by atoms with Crippen molar-refractivity contribution in [1.29, 1.82) is 0 Å². The SMILES string of the molecule is O=[N+]([O-])c1ccc(Nc2c(F)c(F)nc(F)c2Cl)c([N+](=O)[O-])c1. The number of anilines is 2. The summed E-state index contributed by atoms with van der Waals surface area (Å²) in [5.41, 5.74) is -2.78. The molecule has 0 aliphatic rings. The van der Waals surface area contributed by atoms with Crippen LogP contribution in [0.4, 0.5) is 35.9 Å². The molecule has 0 amide bonds. The van der Waals surface area contributed by atoms with Crippen molar-refractivity contribution >= 4 is 34.4 Å². The van der Waals surface area contributed by atoms with Crippen LogP contribution < -0.4 is 5.32 Å². The number of nitro benzene ring substituents is 2. The Balaban J connectivity index is 2.57. The third-order valence-electron chi connectivity index (χ3n) is 2.65. The van der Waals surface area contributed by atoms with Crippen molar-refractivity contribution in [3.63, 3.8) is 0 Å². The summed E-state index contributed by atoms with van der Waals surface area (Å²) < 4.78 is 40.0. The van der Waals surface area contributed by atoms with Gasteiger partial charge in [-0.3, -0.25) is 20.2 Å². The second-order valence-electron chi connectivity index (χ2n) is 4.04. The van der Waals surface area contributed by atoms with Crippen molar-refractivity contribution in [3.05, 3.63) is 61.2 Å². The molecule has 1 aromatic carbocycles. The third-order valence-corrected chi connectivity index (χ3v) is 2.99. The summed E-state index contributed by atoms with van der Waals surface area (Å²) >= 11 is 5.45. The highest BCUT2D eigenvalue weighted by Gasteiger charge is 2.24. The average Bonchev–Trinajstić information content (AvgIpc) is 2.49. The standard InChI is InChI=1S/C11H4ClF3N4O4/c12-7-9(8(13)11(15)17-10(7)14)16-5-2-1-4(18(20)21)3-6(5)19(22)23/h1-3H,(H,16,17). The molecule has 0 saturated carbocycles. The lowest BCUT2D eigenvalue weighted by atomic mass is 10.2. The minimum atomic E-state index is -1.81. The quantitative estimate of drug-likeness (QED) is 0.512. The van der Waals surface area contributed by atoms with Crippen LogP contribution in [-0.4, -0.2) is 14.8 Å². The first-order chi connectivity index (χ1) is 10.7. The summed E-state index contributed by atoms with van der Waals surface area (Å²) in [4.78, 5) is 22.3. The monoisotopic (exact) mass is 348 g/mol. The second kappa shape index (κ2) is 6.04. The normalized spacial score (nSPS) is 10.4. The van der Waals surface area contributed by atoms with E-state index in [9.17, 15) is 33.4 Å². The van der Waals surface area contributed by atoms with Gasteiger partial charge in [0.25, 0.3) is 17.3 Å². The summed E-state index contributed by atoms with van der Waals surface area (Å²) in [5.74, 6) is -5.00. The molecule has 0 fully saturated rings. The fraction of sp³-hybridized carbons (Fsp3) is 0. The largest absolute Gasteiger partial charge is 0.346 e. The molecule has 0 atom stereocenters. The number of hydrogen-bond acceptors (Lipinski definition) is 6. The predicted molar refractivity (Wildman–Crippen MR) is 72.2 cm³/mol. The highest BCUT2D eigenvalue weighted by Crippen LogP contribution is 2.35. The van der Waals surface area contributed by atoms with Crippen molar-refractivity contribution in [2.45, 2.75) is 0 Å². The lowest BCUT2D eigenvalue weighted by Gasteiger charge is -2.10. The number of pyridine rings is 1. The number of rotatable bonds is 4. The van der Waals surface area contributed by atoms with E-state index in [0.29, 0.717) is 6.07 Å². The molecule has 1 heterocycles. The van der Waals surface area contributed by atoms with Crippen LogP contribution in [0.5, 0.6) is 0 Å². The molecule has 0 unspecified atom stereocenters. The predicted octanol–water partition coefficient (Wildman–Crippen LogP) is 3.71.